The number of aromatic nitrogens is 3. The van der Waals surface area contributed by atoms with Gasteiger partial charge >= 0.3 is 0 Å². The van der Waals surface area contributed by atoms with Crippen molar-refractivity contribution >= 4 is 11.6 Å². The monoisotopic (exact) mass is 336 g/mol. The molecular formula is C16H24N4O4. The molecule has 2 heterocycles. The van der Waals surface area contributed by atoms with E-state index in [4.69, 9.17) is 0 Å². The predicted molar refractivity (Wildman–Crippen MR) is 90.2 cm³/mol. The van der Waals surface area contributed by atoms with E-state index in [0.717, 1.165) is 10.9 Å². The minimum Gasteiger partial charge on any atom is -0.394 e. The van der Waals surface area contributed by atoms with Gasteiger partial charge in [0.05, 0.1) is 12.6 Å². The molecule has 8 heteroatoms. The zero-order valence-corrected chi connectivity index (χ0v) is 14.2. The van der Waals surface area contributed by atoms with Crippen LogP contribution in [0.25, 0.3) is 5.65 Å². The summed E-state index contributed by atoms with van der Waals surface area (Å²) in [5, 5.41) is 14.6. The van der Waals surface area contributed by atoms with Crippen LogP contribution in [-0.4, -0.2) is 38.3 Å². The van der Waals surface area contributed by atoms with E-state index in [0.29, 0.717) is 16.9 Å². The van der Waals surface area contributed by atoms with Gasteiger partial charge in [-0.05, 0) is 19.3 Å². The number of hydrogen-bond acceptors (Lipinski definition) is 4. The summed E-state index contributed by atoms with van der Waals surface area (Å²) in [6, 6.07) is 1.02. The number of carbonyl (C=O) groups is 1. The minimum absolute atomic E-state index is 0.114. The van der Waals surface area contributed by atoms with Gasteiger partial charge in [0.1, 0.15) is 5.65 Å². The van der Waals surface area contributed by atoms with Gasteiger partial charge in [-0.2, -0.15) is 0 Å². The number of aliphatic hydroxyl groups excluding tert-OH is 1. The summed E-state index contributed by atoms with van der Waals surface area (Å²) in [4.78, 5) is 38.8. The van der Waals surface area contributed by atoms with E-state index in [9.17, 15) is 19.5 Å². The highest BCUT2D eigenvalue weighted by Gasteiger charge is 2.18. The van der Waals surface area contributed by atoms with Gasteiger partial charge in [0.25, 0.3) is 11.1 Å². The molecule has 4 N–H and O–H groups in total. The number of aryl methyl sites for hydroxylation is 1. The first kappa shape index (κ1) is 18.0. The third-order valence-electron chi connectivity index (χ3n) is 4.44. The summed E-state index contributed by atoms with van der Waals surface area (Å²) < 4.78 is 1.15. The van der Waals surface area contributed by atoms with Gasteiger partial charge in [-0.25, -0.2) is 4.52 Å². The molecule has 1 amide bonds. The number of nitrogens with one attached hydrogen (secondary N) is 3. The smallest absolute Gasteiger partial charge is 0.276 e. The van der Waals surface area contributed by atoms with Gasteiger partial charge in [0.2, 0.25) is 5.91 Å². The number of carbonyl (C=O) groups excluding carboxylic acids is 1. The van der Waals surface area contributed by atoms with E-state index >= 15 is 0 Å². The van der Waals surface area contributed by atoms with Crippen molar-refractivity contribution in [3.8, 4) is 0 Å². The molecule has 132 valence electrons. The number of hydrogen-bond donors (Lipinski definition) is 4. The van der Waals surface area contributed by atoms with E-state index in [1.54, 1.807) is 6.92 Å². The fourth-order valence-electron chi connectivity index (χ4n) is 2.67. The molecule has 0 aliphatic rings. The fourth-order valence-corrected chi connectivity index (χ4v) is 2.67. The van der Waals surface area contributed by atoms with Crippen molar-refractivity contribution in [3.63, 3.8) is 0 Å². The largest absolute Gasteiger partial charge is 0.394 e. The molecule has 0 bridgehead atoms. The quantitative estimate of drug-likeness (QED) is 0.572. The van der Waals surface area contributed by atoms with Crippen molar-refractivity contribution in [1.82, 2.24) is 19.9 Å². The van der Waals surface area contributed by atoms with Crippen molar-refractivity contribution in [2.45, 2.75) is 46.1 Å². The van der Waals surface area contributed by atoms with Gasteiger partial charge in [-0.15, -0.1) is 0 Å². The Hall–Kier alpha value is -2.35. The number of aromatic amines is 2. The van der Waals surface area contributed by atoms with Crippen LogP contribution in [0.3, 0.4) is 0 Å². The fraction of sp³-hybridized carbons (Fsp3) is 0.562. The van der Waals surface area contributed by atoms with Crippen LogP contribution in [0.5, 0.6) is 0 Å². The molecule has 2 rings (SSSR count). The van der Waals surface area contributed by atoms with E-state index in [1.165, 1.54) is 6.07 Å². The lowest BCUT2D eigenvalue weighted by Gasteiger charge is -2.22. The van der Waals surface area contributed by atoms with Crippen LogP contribution in [0.15, 0.2) is 15.7 Å². The van der Waals surface area contributed by atoms with Crippen molar-refractivity contribution in [2.24, 2.45) is 5.92 Å². The van der Waals surface area contributed by atoms with Crippen LogP contribution in [-0.2, 0) is 11.2 Å². The maximum absolute atomic E-state index is 12.4. The lowest BCUT2D eigenvalue weighted by atomic mass is 9.99. The molecule has 0 saturated heterocycles. The molecule has 2 unspecified atom stereocenters. The molecular weight excluding hydrogens is 312 g/mol. The molecule has 2 atom stereocenters. The lowest BCUT2D eigenvalue weighted by Crippen LogP contribution is -2.42. The summed E-state index contributed by atoms with van der Waals surface area (Å²) in [5.41, 5.74) is 0.780. The van der Waals surface area contributed by atoms with Crippen molar-refractivity contribution in [1.29, 1.82) is 0 Å². The Morgan fingerprint density at radius 2 is 2.12 bits per heavy atom. The van der Waals surface area contributed by atoms with Crippen molar-refractivity contribution < 1.29 is 9.90 Å². The Bertz CT molecular complexity index is 833. The second kappa shape index (κ2) is 7.48. The van der Waals surface area contributed by atoms with Crippen LogP contribution in [0.4, 0.5) is 0 Å². The van der Waals surface area contributed by atoms with E-state index in [-0.39, 0.29) is 48.4 Å². The summed E-state index contributed by atoms with van der Waals surface area (Å²) in [6.45, 7) is 5.58. The standard InChI is InChI=1S/C16H24N4O4/c1-4-9(2)12(8-21)18-14(22)6-5-11-10(3)17-13-7-15(23)19-20(13)16(11)24/h7,9,12,17,21H,4-6,8H2,1-3H3,(H,18,22)(H,19,23). The first-order valence-electron chi connectivity index (χ1n) is 8.11. The summed E-state index contributed by atoms with van der Waals surface area (Å²) in [6.07, 6.45) is 1.23. The normalized spacial score (nSPS) is 13.8. The van der Waals surface area contributed by atoms with Crippen molar-refractivity contribution in [3.05, 3.63) is 38.0 Å². The topological polar surface area (TPSA) is 119 Å². The third kappa shape index (κ3) is 3.76. The van der Waals surface area contributed by atoms with Crippen molar-refractivity contribution in [2.75, 3.05) is 6.61 Å². The predicted octanol–water partition coefficient (Wildman–Crippen LogP) is 0.0801. The molecule has 0 fully saturated rings. The summed E-state index contributed by atoms with van der Waals surface area (Å²) >= 11 is 0. The molecule has 2 aromatic rings. The average molecular weight is 336 g/mol. The second-order valence-electron chi connectivity index (χ2n) is 6.12. The van der Waals surface area contributed by atoms with Gasteiger partial charge in [-0.1, -0.05) is 20.3 Å². The minimum atomic E-state index is -0.364. The van der Waals surface area contributed by atoms with Gasteiger partial charge in [-0.3, -0.25) is 19.5 Å². The Balaban J connectivity index is 2.11. The number of nitrogens with zero attached hydrogens (tertiary/aromatic N) is 1. The van der Waals surface area contributed by atoms with Crippen LogP contribution >= 0.6 is 0 Å². The van der Waals surface area contributed by atoms with Gasteiger partial charge < -0.3 is 15.4 Å². The second-order valence-corrected chi connectivity index (χ2v) is 6.12. The molecule has 24 heavy (non-hydrogen) atoms. The average Bonchev–Trinajstić information content (AvgIpc) is 2.92. The zero-order valence-electron chi connectivity index (χ0n) is 14.2. The third-order valence-corrected chi connectivity index (χ3v) is 4.44. The number of aliphatic hydroxyl groups is 1. The number of H-pyrrole nitrogens is 2. The molecule has 0 aromatic carbocycles. The van der Waals surface area contributed by atoms with Crippen LogP contribution in [0, 0.1) is 12.8 Å². The summed E-state index contributed by atoms with van der Waals surface area (Å²) in [5.74, 6) is -0.0420. The molecule has 0 aliphatic heterocycles. The highest BCUT2D eigenvalue weighted by Crippen LogP contribution is 2.08. The highest BCUT2D eigenvalue weighted by molar-refractivity contribution is 5.76. The Morgan fingerprint density at radius 1 is 1.42 bits per heavy atom. The molecule has 0 radical (unpaired) electrons. The molecule has 8 nitrogen and oxygen atoms in total. The van der Waals surface area contributed by atoms with Crippen LogP contribution in [0.2, 0.25) is 0 Å². The zero-order chi connectivity index (χ0) is 17.9. The summed E-state index contributed by atoms with van der Waals surface area (Å²) in [7, 11) is 0. The van der Waals surface area contributed by atoms with E-state index < -0.39 is 0 Å². The number of amides is 1. The highest BCUT2D eigenvalue weighted by atomic mass is 16.3. The van der Waals surface area contributed by atoms with E-state index in [1.807, 2.05) is 13.8 Å². The Labute approximate surface area is 138 Å². The maximum atomic E-state index is 12.4. The van der Waals surface area contributed by atoms with Crippen LogP contribution in [0.1, 0.15) is 37.9 Å². The Morgan fingerprint density at radius 3 is 2.75 bits per heavy atom. The first-order valence-corrected chi connectivity index (χ1v) is 8.11. The van der Waals surface area contributed by atoms with Crippen LogP contribution < -0.4 is 16.4 Å². The SMILES string of the molecule is CCC(C)C(CO)NC(=O)CCc1c(C)[nH]c2cc(=O)[nH]n2c1=O. The number of fused-ring (bicyclic) bond motifs is 1. The molecule has 0 aliphatic carbocycles. The molecule has 0 saturated carbocycles. The first-order chi connectivity index (χ1) is 11.4. The van der Waals surface area contributed by atoms with Gasteiger partial charge in [0, 0.05) is 23.7 Å². The van der Waals surface area contributed by atoms with Gasteiger partial charge in [0.15, 0.2) is 0 Å². The van der Waals surface area contributed by atoms with E-state index in [2.05, 4.69) is 15.4 Å². The molecule has 0 spiro atoms. The molecule has 2 aromatic heterocycles. The number of rotatable bonds is 7. The lowest BCUT2D eigenvalue weighted by molar-refractivity contribution is -0.122. The Kier molecular flexibility index (Phi) is 5.61. The maximum Gasteiger partial charge on any atom is 0.276 e.